The molecule has 0 aromatic carbocycles. The molecule has 7 nitrogen and oxygen atoms in total. The van der Waals surface area contributed by atoms with Gasteiger partial charge in [-0.3, -0.25) is 9.67 Å². The lowest BCUT2D eigenvalue weighted by molar-refractivity contribution is 0.208. The van der Waals surface area contributed by atoms with Gasteiger partial charge in [0.25, 0.3) is 0 Å². The number of amidine groups is 1. The maximum atomic E-state index is 6.06. The molecule has 0 aliphatic carbocycles. The van der Waals surface area contributed by atoms with Crippen LogP contribution in [0.25, 0.3) is 10.9 Å². The van der Waals surface area contributed by atoms with Gasteiger partial charge in [-0.25, -0.2) is 4.98 Å². The van der Waals surface area contributed by atoms with Crippen molar-refractivity contribution < 1.29 is 4.74 Å². The van der Waals surface area contributed by atoms with Gasteiger partial charge in [-0.2, -0.15) is 5.10 Å². The average Bonchev–Trinajstić information content (AvgIpc) is 2.85. The number of nitrogens with two attached hydrogens (primary N) is 1. The second-order valence-electron chi connectivity index (χ2n) is 6.29. The van der Waals surface area contributed by atoms with Crippen LogP contribution in [-0.4, -0.2) is 54.0 Å². The minimum Gasteiger partial charge on any atom is -0.387 e. The SMILES string of the molecule is COCCN=C(N)C1CN(c2nn(C(C)C)c3cc(Cl)ncc23)C1. The second-order valence-corrected chi connectivity index (χ2v) is 6.67. The molecular weight excluding hydrogens is 328 g/mol. The molecule has 0 spiro atoms. The molecule has 2 aromatic heterocycles. The maximum Gasteiger partial charge on any atom is 0.160 e. The summed E-state index contributed by atoms with van der Waals surface area (Å²) in [6.45, 7) is 7.03. The van der Waals surface area contributed by atoms with Crippen molar-refractivity contribution in [2.24, 2.45) is 16.6 Å². The van der Waals surface area contributed by atoms with Gasteiger partial charge in [0.05, 0.1) is 30.0 Å². The van der Waals surface area contributed by atoms with E-state index in [1.807, 2.05) is 10.7 Å². The third-order valence-corrected chi connectivity index (χ3v) is 4.42. The van der Waals surface area contributed by atoms with Gasteiger partial charge in [0.1, 0.15) is 11.0 Å². The first kappa shape index (κ1) is 17.0. The van der Waals surface area contributed by atoms with E-state index in [1.165, 1.54) is 0 Å². The van der Waals surface area contributed by atoms with E-state index in [4.69, 9.17) is 27.2 Å². The number of hydrogen-bond acceptors (Lipinski definition) is 5. The lowest BCUT2D eigenvalue weighted by Gasteiger charge is -2.39. The van der Waals surface area contributed by atoms with Gasteiger partial charge in [0, 0.05) is 38.5 Å². The summed E-state index contributed by atoms with van der Waals surface area (Å²) in [5, 5.41) is 6.26. The zero-order valence-electron chi connectivity index (χ0n) is 14.2. The Balaban J connectivity index is 1.79. The first-order valence-electron chi connectivity index (χ1n) is 8.08. The Kier molecular flexibility index (Phi) is 4.91. The molecule has 1 saturated heterocycles. The normalized spacial score (nSPS) is 16.2. The van der Waals surface area contributed by atoms with Crippen molar-refractivity contribution in [1.29, 1.82) is 0 Å². The van der Waals surface area contributed by atoms with E-state index in [9.17, 15) is 0 Å². The van der Waals surface area contributed by atoms with E-state index >= 15 is 0 Å². The van der Waals surface area contributed by atoms with Crippen molar-refractivity contribution in [3.05, 3.63) is 17.4 Å². The molecule has 3 rings (SSSR count). The molecule has 3 heterocycles. The van der Waals surface area contributed by atoms with Crippen LogP contribution in [0.5, 0.6) is 0 Å². The first-order valence-corrected chi connectivity index (χ1v) is 8.46. The Morgan fingerprint density at radius 2 is 2.25 bits per heavy atom. The molecule has 2 N–H and O–H groups in total. The summed E-state index contributed by atoms with van der Waals surface area (Å²) < 4.78 is 6.98. The number of halogens is 1. The van der Waals surface area contributed by atoms with Gasteiger partial charge in [-0.05, 0) is 13.8 Å². The molecular formula is C16H23ClN6O. The zero-order chi connectivity index (χ0) is 17.3. The Hall–Kier alpha value is -1.86. The Labute approximate surface area is 146 Å². The summed E-state index contributed by atoms with van der Waals surface area (Å²) in [6, 6.07) is 2.11. The fraction of sp³-hybridized carbons (Fsp3) is 0.562. The average molecular weight is 351 g/mol. The van der Waals surface area contributed by atoms with Crippen molar-refractivity contribution in [2.75, 3.05) is 38.3 Å². The van der Waals surface area contributed by atoms with Crippen LogP contribution in [0.1, 0.15) is 19.9 Å². The number of nitrogens with zero attached hydrogens (tertiary/aromatic N) is 5. The quantitative estimate of drug-likeness (QED) is 0.373. The highest BCUT2D eigenvalue weighted by Crippen LogP contribution is 2.33. The highest BCUT2D eigenvalue weighted by molar-refractivity contribution is 6.30. The van der Waals surface area contributed by atoms with E-state index < -0.39 is 0 Å². The molecule has 0 atom stereocenters. The lowest BCUT2D eigenvalue weighted by atomic mass is 9.98. The predicted octanol–water partition coefficient (Wildman–Crippen LogP) is 2.11. The number of hydrogen-bond donors (Lipinski definition) is 1. The molecule has 8 heteroatoms. The highest BCUT2D eigenvalue weighted by atomic mass is 35.5. The van der Waals surface area contributed by atoms with Crippen molar-refractivity contribution >= 4 is 34.2 Å². The Bertz CT molecular complexity index is 750. The molecule has 1 aliphatic heterocycles. The Morgan fingerprint density at radius 3 is 2.92 bits per heavy atom. The van der Waals surface area contributed by atoms with Crippen LogP contribution in [-0.2, 0) is 4.74 Å². The molecule has 24 heavy (non-hydrogen) atoms. The molecule has 0 unspecified atom stereocenters. The number of pyridine rings is 1. The van der Waals surface area contributed by atoms with E-state index in [2.05, 4.69) is 28.7 Å². The number of aromatic nitrogens is 3. The van der Waals surface area contributed by atoms with E-state index in [-0.39, 0.29) is 12.0 Å². The van der Waals surface area contributed by atoms with Crippen molar-refractivity contribution in [2.45, 2.75) is 19.9 Å². The van der Waals surface area contributed by atoms with Crippen LogP contribution in [0.15, 0.2) is 17.3 Å². The number of fused-ring (bicyclic) bond motifs is 1. The minimum atomic E-state index is 0.248. The third kappa shape index (κ3) is 3.18. The molecule has 1 aliphatic rings. The summed E-state index contributed by atoms with van der Waals surface area (Å²) in [5.41, 5.74) is 7.06. The summed E-state index contributed by atoms with van der Waals surface area (Å²) >= 11 is 6.05. The topological polar surface area (TPSA) is 81.6 Å². The van der Waals surface area contributed by atoms with Crippen LogP contribution in [0, 0.1) is 5.92 Å². The van der Waals surface area contributed by atoms with Gasteiger partial charge >= 0.3 is 0 Å². The van der Waals surface area contributed by atoms with Gasteiger partial charge in [0.2, 0.25) is 0 Å². The highest BCUT2D eigenvalue weighted by Gasteiger charge is 2.33. The summed E-state index contributed by atoms with van der Waals surface area (Å²) in [6.07, 6.45) is 1.79. The minimum absolute atomic E-state index is 0.248. The number of anilines is 1. The second kappa shape index (κ2) is 6.94. The number of rotatable bonds is 6. The smallest absolute Gasteiger partial charge is 0.160 e. The molecule has 130 valence electrons. The number of aliphatic imine (C=N–C) groups is 1. The third-order valence-electron chi connectivity index (χ3n) is 4.22. The molecule has 0 amide bonds. The van der Waals surface area contributed by atoms with Crippen LogP contribution < -0.4 is 10.6 Å². The fourth-order valence-electron chi connectivity index (χ4n) is 2.85. The van der Waals surface area contributed by atoms with E-state index in [0.717, 1.165) is 29.8 Å². The molecule has 0 saturated carbocycles. The maximum absolute atomic E-state index is 6.06. The largest absolute Gasteiger partial charge is 0.387 e. The molecule has 0 radical (unpaired) electrons. The van der Waals surface area contributed by atoms with Gasteiger partial charge in [-0.15, -0.1) is 0 Å². The van der Waals surface area contributed by atoms with Crippen molar-refractivity contribution in [3.63, 3.8) is 0 Å². The Morgan fingerprint density at radius 1 is 1.50 bits per heavy atom. The first-order chi connectivity index (χ1) is 11.5. The molecule has 2 aromatic rings. The standard InChI is InChI=1S/C16H23ClN6O/c1-10(2)23-13-6-14(17)20-7-12(13)16(21-23)22-8-11(9-22)15(18)19-4-5-24-3/h6-7,10-11H,4-5,8-9H2,1-3H3,(H2,18,19). The number of methoxy groups -OCH3 is 1. The predicted molar refractivity (Wildman–Crippen MR) is 97.0 cm³/mol. The van der Waals surface area contributed by atoms with Crippen molar-refractivity contribution in [3.8, 4) is 0 Å². The number of ether oxygens (including phenoxy) is 1. The lowest BCUT2D eigenvalue weighted by Crippen LogP contribution is -2.53. The van der Waals surface area contributed by atoms with Crippen LogP contribution in [0.2, 0.25) is 5.15 Å². The fourth-order valence-corrected chi connectivity index (χ4v) is 3.00. The van der Waals surface area contributed by atoms with Crippen LogP contribution in [0.4, 0.5) is 5.82 Å². The summed E-state index contributed by atoms with van der Waals surface area (Å²) in [7, 11) is 1.66. The van der Waals surface area contributed by atoms with E-state index in [0.29, 0.717) is 24.1 Å². The van der Waals surface area contributed by atoms with Gasteiger partial charge < -0.3 is 15.4 Å². The zero-order valence-corrected chi connectivity index (χ0v) is 15.0. The van der Waals surface area contributed by atoms with Crippen molar-refractivity contribution in [1.82, 2.24) is 14.8 Å². The van der Waals surface area contributed by atoms with Crippen LogP contribution >= 0.6 is 11.6 Å². The van der Waals surface area contributed by atoms with Crippen LogP contribution in [0.3, 0.4) is 0 Å². The summed E-state index contributed by atoms with van der Waals surface area (Å²) in [5.74, 6) is 1.89. The van der Waals surface area contributed by atoms with Gasteiger partial charge in [0.15, 0.2) is 5.82 Å². The van der Waals surface area contributed by atoms with E-state index in [1.54, 1.807) is 13.3 Å². The monoisotopic (exact) mass is 350 g/mol. The molecule has 1 fully saturated rings. The molecule has 0 bridgehead atoms. The summed E-state index contributed by atoms with van der Waals surface area (Å²) in [4.78, 5) is 10.8. The van der Waals surface area contributed by atoms with Gasteiger partial charge in [-0.1, -0.05) is 11.6 Å².